The Labute approximate surface area is 207 Å². The van der Waals surface area contributed by atoms with Crippen LogP contribution in [-0.2, 0) is 0 Å². The van der Waals surface area contributed by atoms with Gasteiger partial charge in [-0.15, -0.1) is 0 Å². The average Bonchev–Trinajstić information content (AvgIpc) is 3.26. The summed E-state index contributed by atoms with van der Waals surface area (Å²) in [6, 6.07) is 19.5. The molecule has 34 heavy (non-hydrogen) atoms. The van der Waals surface area contributed by atoms with Crippen LogP contribution >= 0.6 is 28.1 Å². The number of anilines is 1. The first-order chi connectivity index (χ1) is 16.4. The lowest BCUT2D eigenvalue weighted by Gasteiger charge is -2.15. The molecule has 0 aliphatic rings. The van der Waals surface area contributed by atoms with E-state index in [1.807, 2.05) is 55.5 Å². The number of aromatic nitrogens is 3. The van der Waals surface area contributed by atoms with Gasteiger partial charge in [-0.1, -0.05) is 46.3 Å². The molecule has 1 amide bonds. The first-order valence-electron chi connectivity index (χ1n) is 10.2. The number of hydrogen-bond acceptors (Lipinski definition) is 5. The Morgan fingerprint density at radius 3 is 2.56 bits per heavy atom. The molecule has 5 aromatic rings. The number of hydrogen-bond donors (Lipinski definition) is 2. The highest BCUT2D eigenvalue weighted by molar-refractivity contribution is 9.10. The maximum absolute atomic E-state index is 14.9. The van der Waals surface area contributed by atoms with Gasteiger partial charge in [0.05, 0.1) is 22.5 Å². The quantitative estimate of drug-likeness (QED) is 0.241. The lowest BCUT2D eigenvalue weighted by Crippen LogP contribution is -2.16. The van der Waals surface area contributed by atoms with Crippen molar-refractivity contribution in [2.75, 3.05) is 5.32 Å². The molecule has 2 heterocycles. The highest BCUT2D eigenvalue weighted by atomic mass is 79.9. The summed E-state index contributed by atoms with van der Waals surface area (Å²) in [6.07, 6.45) is 0. The molecule has 0 bridgehead atoms. The lowest BCUT2D eigenvalue weighted by atomic mass is 9.97. The monoisotopic (exact) mass is 534 g/mol. The molecular formula is C25H16BrFN4O2S. The van der Waals surface area contributed by atoms with Crippen LogP contribution in [0.3, 0.4) is 0 Å². The largest absolute Gasteiger partial charge is 0.348 e. The number of benzene rings is 3. The molecule has 9 heteroatoms. The molecule has 0 aliphatic heterocycles. The predicted molar refractivity (Wildman–Crippen MR) is 135 cm³/mol. The normalized spacial score (nSPS) is 11.0. The van der Waals surface area contributed by atoms with Gasteiger partial charge in [0.2, 0.25) is 0 Å². The van der Waals surface area contributed by atoms with Crippen LogP contribution in [0.1, 0.15) is 15.9 Å². The van der Waals surface area contributed by atoms with Gasteiger partial charge in [0, 0.05) is 21.0 Å². The minimum atomic E-state index is -0.617. The molecule has 0 atom stereocenters. The number of halogens is 2. The number of fused-ring (bicyclic) bond motifs is 1. The van der Waals surface area contributed by atoms with Crippen LogP contribution in [0.4, 0.5) is 10.1 Å². The highest BCUT2D eigenvalue weighted by Gasteiger charge is 2.20. The van der Waals surface area contributed by atoms with E-state index in [0.29, 0.717) is 39.1 Å². The number of carbonyl (C=O) groups is 1. The van der Waals surface area contributed by atoms with E-state index in [4.69, 9.17) is 21.7 Å². The van der Waals surface area contributed by atoms with Crippen LogP contribution in [0, 0.1) is 17.6 Å². The number of nitrogens with one attached hydrogen (secondary N) is 2. The third-order valence-corrected chi connectivity index (χ3v) is 6.06. The van der Waals surface area contributed by atoms with Gasteiger partial charge in [-0.05, 0) is 61.1 Å². The Hall–Kier alpha value is -3.69. The first-order valence-corrected chi connectivity index (χ1v) is 11.4. The van der Waals surface area contributed by atoms with Crippen molar-refractivity contribution >= 4 is 50.6 Å². The van der Waals surface area contributed by atoms with Gasteiger partial charge in [-0.25, -0.2) is 14.5 Å². The van der Waals surface area contributed by atoms with Crippen LogP contribution in [0.25, 0.3) is 33.5 Å². The third-order valence-electron chi connectivity index (χ3n) is 5.39. The second-order valence-electron chi connectivity index (χ2n) is 7.57. The van der Waals surface area contributed by atoms with Crippen molar-refractivity contribution in [3.8, 4) is 22.6 Å². The van der Waals surface area contributed by atoms with Gasteiger partial charge < -0.3 is 9.84 Å². The van der Waals surface area contributed by atoms with Crippen molar-refractivity contribution < 1.29 is 13.7 Å². The summed E-state index contributed by atoms with van der Waals surface area (Å²) in [5, 5.41) is 5.91. The van der Waals surface area contributed by atoms with Crippen LogP contribution in [0.2, 0.25) is 0 Å². The number of pyridine rings is 1. The van der Waals surface area contributed by atoms with Crippen LogP contribution in [-0.4, -0.2) is 21.0 Å². The van der Waals surface area contributed by atoms with Crippen molar-refractivity contribution in [2.45, 2.75) is 6.92 Å². The molecule has 0 aliphatic carbocycles. The fourth-order valence-electron chi connectivity index (χ4n) is 3.80. The Bertz CT molecular complexity index is 1620. The van der Waals surface area contributed by atoms with Crippen molar-refractivity contribution in [1.82, 2.24) is 15.1 Å². The summed E-state index contributed by atoms with van der Waals surface area (Å²) in [6.45, 7) is 1.84. The third kappa shape index (κ3) is 4.15. The zero-order valence-electron chi connectivity index (χ0n) is 17.7. The molecule has 0 radical (unpaired) electrons. The maximum atomic E-state index is 14.9. The fraction of sp³-hybridized carbons (Fsp3) is 0.0400. The van der Waals surface area contributed by atoms with E-state index < -0.39 is 11.7 Å². The average molecular weight is 535 g/mol. The van der Waals surface area contributed by atoms with E-state index in [2.05, 4.69) is 31.4 Å². The number of nitrogens with zero attached hydrogens (tertiary/aromatic N) is 2. The second-order valence-corrected chi connectivity index (χ2v) is 8.83. The molecule has 5 rings (SSSR count). The van der Waals surface area contributed by atoms with Crippen molar-refractivity contribution in [1.29, 1.82) is 0 Å². The summed E-state index contributed by atoms with van der Waals surface area (Å²) >= 11 is 8.31. The van der Waals surface area contributed by atoms with E-state index in [0.717, 1.165) is 10.0 Å². The summed E-state index contributed by atoms with van der Waals surface area (Å²) in [5.74, 6) is -0.753. The molecule has 2 aromatic heterocycles. The van der Waals surface area contributed by atoms with Crippen molar-refractivity contribution in [2.24, 2.45) is 0 Å². The fourth-order valence-corrected chi connectivity index (χ4v) is 4.30. The maximum Gasteiger partial charge on any atom is 0.314 e. The molecule has 0 unspecified atom stereocenters. The lowest BCUT2D eigenvalue weighted by molar-refractivity contribution is 0.102. The standard InChI is InChI=1S/C25H16BrFN4O2S/c1-13-21(17-12-16(26)8-10-19(17)28-22(13)14-5-3-2-4-6-14)24(32)29-20-9-7-15(11-18(20)27)23-30-25(34)33-31-23/h2-12H,1H3,(H,29,32)(H,30,31,34). The van der Waals surface area contributed by atoms with Crippen molar-refractivity contribution in [3.05, 3.63) is 93.0 Å². The molecule has 0 saturated heterocycles. The Balaban J connectivity index is 1.58. The molecular weight excluding hydrogens is 519 g/mol. The van der Waals surface area contributed by atoms with Gasteiger partial charge in [-0.3, -0.25) is 4.79 Å². The summed E-state index contributed by atoms with van der Waals surface area (Å²) in [7, 11) is 0. The highest BCUT2D eigenvalue weighted by Crippen LogP contribution is 2.32. The molecule has 0 saturated carbocycles. The summed E-state index contributed by atoms with van der Waals surface area (Å²) < 4.78 is 20.6. The van der Waals surface area contributed by atoms with E-state index in [1.165, 1.54) is 12.1 Å². The number of H-pyrrole nitrogens is 1. The predicted octanol–water partition coefficient (Wildman–Crippen LogP) is 7.08. The van der Waals surface area contributed by atoms with E-state index in [9.17, 15) is 9.18 Å². The van der Waals surface area contributed by atoms with Crippen LogP contribution < -0.4 is 5.32 Å². The molecule has 6 nitrogen and oxygen atoms in total. The molecule has 0 fully saturated rings. The van der Waals surface area contributed by atoms with Gasteiger partial charge in [0.1, 0.15) is 5.82 Å². The van der Waals surface area contributed by atoms with E-state index >= 15 is 0 Å². The van der Waals surface area contributed by atoms with E-state index in [1.54, 1.807) is 6.07 Å². The minimum absolute atomic E-state index is 0.0215. The SMILES string of the molecule is Cc1c(-c2ccccc2)nc2ccc(Br)cc2c1C(=O)Nc1ccc(-c2nc(=S)o[nH]2)cc1F. The Morgan fingerprint density at radius 2 is 1.85 bits per heavy atom. The van der Waals surface area contributed by atoms with E-state index in [-0.39, 0.29) is 10.5 Å². The second kappa shape index (κ2) is 8.92. The van der Waals surface area contributed by atoms with Gasteiger partial charge in [-0.2, -0.15) is 4.98 Å². The van der Waals surface area contributed by atoms with Crippen LogP contribution in [0.5, 0.6) is 0 Å². The smallest absolute Gasteiger partial charge is 0.314 e. The number of rotatable bonds is 4. The van der Waals surface area contributed by atoms with Gasteiger partial charge in [0.15, 0.2) is 5.82 Å². The molecule has 3 aromatic carbocycles. The molecule has 2 N–H and O–H groups in total. The zero-order chi connectivity index (χ0) is 23.8. The van der Waals surface area contributed by atoms with Crippen molar-refractivity contribution in [3.63, 3.8) is 0 Å². The number of amides is 1. The summed E-state index contributed by atoms with van der Waals surface area (Å²) in [5.41, 5.74) is 3.84. The van der Waals surface area contributed by atoms with Gasteiger partial charge >= 0.3 is 4.84 Å². The number of aromatic amines is 1. The molecule has 0 spiro atoms. The Kier molecular flexibility index (Phi) is 5.80. The Morgan fingerprint density at radius 1 is 1.06 bits per heavy atom. The topological polar surface area (TPSA) is 83.8 Å². The molecule has 168 valence electrons. The zero-order valence-corrected chi connectivity index (χ0v) is 20.1. The van der Waals surface area contributed by atoms with Crippen LogP contribution in [0.15, 0.2) is 75.7 Å². The van der Waals surface area contributed by atoms with Gasteiger partial charge in [0.25, 0.3) is 5.91 Å². The summed E-state index contributed by atoms with van der Waals surface area (Å²) in [4.78, 5) is 22.3. The minimum Gasteiger partial charge on any atom is -0.348 e. The first kappa shape index (κ1) is 22.1. The number of carbonyl (C=O) groups excluding carboxylic acids is 1.